The lowest BCUT2D eigenvalue weighted by Gasteiger charge is -2.11. The van der Waals surface area contributed by atoms with Crippen molar-refractivity contribution >= 4 is 49.1 Å². The van der Waals surface area contributed by atoms with Crippen LogP contribution in [-0.4, -0.2) is 12.5 Å². The lowest BCUT2D eigenvalue weighted by molar-refractivity contribution is -0.118. The monoisotopic (exact) mass is 398 g/mol. The third kappa shape index (κ3) is 3.98. The molecule has 4 nitrogen and oxygen atoms in total. The number of nitrogens with one attached hydrogen (secondary N) is 1. The molecule has 2 aromatic carbocycles. The highest BCUT2D eigenvalue weighted by molar-refractivity contribution is 9.11. The van der Waals surface area contributed by atoms with Gasteiger partial charge >= 0.3 is 0 Å². The van der Waals surface area contributed by atoms with Crippen LogP contribution in [0.1, 0.15) is 0 Å². The molecule has 0 saturated carbocycles. The summed E-state index contributed by atoms with van der Waals surface area (Å²) in [5, 5.41) is 2.74. The highest BCUT2D eigenvalue weighted by atomic mass is 79.9. The average Bonchev–Trinajstić information content (AvgIpc) is 2.38. The number of nitrogens with two attached hydrogens (primary N) is 1. The van der Waals surface area contributed by atoms with Crippen molar-refractivity contribution in [2.75, 3.05) is 17.7 Å². The molecule has 0 bridgehead atoms. The van der Waals surface area contributed by atoms with Crippen LogP contribution in [0, 0.1) is 0 Å². The second kappa shape index (κ2) is 6.76. The Morgan fingerprint density at radius 3 is 2.35 bits per heavy atom. The molecule has 2 rings (SSSR count). The lowest BCUT2D eigenvalue weighted by atomic mass is 10.3. The summed E-state index contributed by atoms with van der Waals surface area (Å²) in [6.45, 7) is -0.0873. The SMILES string of the molecule is Nc1cc(Br)c(OCC(=O)Nc2ccccc2)c(Br)c1. The molecule has 0 spiro atoms. The molecular weight excluding hydrogens is 388 g/mol. The van der Waals surface area contributed by atoms with Gasteiger partial charge in [-0.3, -0.25) is 4.79 Å². The molecule has 0 saturated heterocycles. The molecule has 6 heteroatoms. The topological polar surface area (TPSA) is 64.3 Å². The minimum absolute atomic E-state index is 0.0873. The van der Waals surface area contributed by atoms with E-state index in [1.54, 1.807) is 12.1 Å². The van der Waals surface area contributed by atoms with Gasteiger partial charge in [0, 0.05) is 11.4 Å². The molecule has 0 aliphatic heterocycles. The second-order valence-electron chi connectivity index (χ2n) is 4.02. The van der Waals surface area contributed by atoms with Crippen molar-refractivity contribution in [2.45, 2.75) is 0 Å². The molecule has 20 heavy (non-hydrogen) atoms. The number of carbonyl (C=O) groups is 1. The Kier molecular flexibility index (Phi) is 5.03. The van der Waals surface area contributed by atoms with E-state index in [-0.39, 0.29) is 12.5 Å². The van der Waals surface area contributed by atoms with Crippen LogP contribution in [0.2, 0.25) is 0 Å². The Labute approximate surface area is 133 Å². The zero-order chi connectivity index (χ0) is 14.5. The van der Waals surface area contributed by atoms with E-state index in [0.717, 1.165) is 5.69 Å². The standard InChI is InChI=1S/C14H12Br2N2O2/c15-11-6-9(17)7-12(16)14(11)20-8-13(19)18-10-4-2-1-3-5-10/h1-7H,8,17H2,(H,18,19). The van der Waals surface area contributed by atoms with E-state index in [0.29, 0.717) is 20.4 Å². The van der Waals surface area contributed by atoms with E-state index < -0.39 is 0 Å². The first kappa shape index (κ1) is 14.9. The summed E-state index contributed by atoms with van der Waals surface area (Å²) in [6, 6.07) is 12.6. The highest BCUT2D eigenvalue weighted by Crippen LogP contribution is 2.35. The summed E-state index contributed by atoms with van der Waals surface area (Å²) in [6.07, 6.45) is 0. The van der Waals surface area contributed by atoms with Gasteiger partial charge in [-0.05, 0) is 56.1 Å². The quantitative estimate of drug-likeness (QED) is 0.768. The van der Waals surface area contributed by atoms with Gasteiger partial charge in [0.1, 0.15) is 5.75 Å². The van der Waals surface area contributed by atoms with Crippen molar-refractivity contribution in [3.63, 3.8) is 0 Å². The van der Waals surface area contributed by atoms with Crippen LogP contribution in [0.4, 0.5) is 11.4 Å². The van der Waals surface area contributed by atoms with Gasteiger partial charge in [0.05, 0.1) is 8.95 Å². The van der Waals surface area contributed by atoms with Crippen molar-refractivity contribution in [2.24, 2.45) is 0 Å². The predicted octanol–water partition coefficient (Wildman–Crippen LogP) is 3.81. The van der Waals surface area contributed by atoms with E-state index >= 15 is 0 Å². The van der Waals surface area contributed by atoms with Crippen LogP contribution in [-0.2, 0) is 4.79 Å². The summed E-state index contributed by atoms with van der Waals surface area (Å²) < 4.78 is 6.88. The number of para-hydroxylation sites is 1. The number of hydrogen-bond donors (Lipinski definition) is 2. The number of ether oxygens (including phenoxy) is 1. The minimum atomic E-state index is -0.230. The van der Waals surface area contributed by atoms with E-state index in [1.165, 1.54) is 0 Å². The van der Waals surface area contributed by atoms with Gasteiger partial charge in [-0.2, -0.15) is 0 Å². The number of rotatable bonds is 4. The van der Waals surface area contributed by atoms with Crippen molar-refractivity contribution in [1.82, 2.24) is 0 Å². The van der Waals surface area contributed by atoms with Crippen LogP contribution in [0.15, 0.2) is 51.4 Å². The smallest absolute Gasteiger partial charge is 0.262 e. The van der Waals surface area contributed by atoms with Gasteiger partial charge in [0.25, 0.3) is 5.91 Å². The zero-order valence-corrected chi connectivity index (χ0v) is 13.6. The maximum absolute atomic E-state index is 11.8. The van der Waals surface area contributed by atoms with Crippen molar-refractivity contribution < 1.29 is 9.53 Å². The number of halogens is 2. The maximum atomic E-state index is 11.8. The van der Waals surface area contributed by atoms with Crippen LogP contribution < -0.4 is 15.8 Å². The number of carbonyl (C=O) groups excluding carboxylic acids is 1. The summed E-state index contributed by atoms with van der Waals surface area (Å²) in [4.78, 5) is 11.8. The Morgan fingerprint density at radius 1 is 1.15 bits per heavy atom. The number of nitrogen functional groups attached to an aromatic ring is 1. The second-order valence-corrected chi connectivity index (χ2v) is 5.73. The molecule has 0 unspecified atom stereocenters. The number of benzene rings is 2. The molecule has 1 amide bonds. The van der Waals surface area contributed by atoms with Gasteiger partial charge in [-0.1, -0.05) is 18.2 Å². The van der Waals surface area contributed by atoms with Gasteiger partial charge in [0.2, 0.25) is 0 Å². The lowest BCUT2D eigenvalue weighted by Crippen LogP contribution is -2.20. The maximum Gasteiger partial charge on any atom is 0.262 e. The van der Waals surface area contributed by atoms with Gasteiger partial charge in [0.15, 0.2) is 6.61 Å². The minimum Gasteiger partial charge on any atom is -0.481 e. The van der Waals surface area contributed by atoms with Crippen LogP contribution in [0.25, 0.3) is 0 Å². The van der Waals surface area contributed by atoms with Crippen molar-refractivity contribution in [1.29, 1.82) is 0 Å². The fourth-order valence-corrected chi connectivity index (χ4v) is 3.02. The molecule has 0 fully saturated rings. The molecule has 0 heterocycles. The molecular formula is C14H12Br2N2O2. The number of hydrogen-bond acceptors (Lipinski definition) is 3. The molecule has 104 valence electrons. The largest absolute Gasteiger partial charge is 0.481 e. The summed E-state index contributed by atoms with van der Waals surface area (Å²) in [5.74, 6) is 0.314. The molecule has 0 aliphatic rings. The molecule has 0 radical (unpaired) electrons. The number of anilines is 2. The zero-order valence-electron chi connectivity index (χ0n) is 10.4. The first-order chi connectivity index (χ1) is 9.56. The molecule has 0 aromatic heterocycles. The van der Waals surface area contributed by atoms with Gasteiger partial charge < -0.3 is 15.8 Å². The summed E-state index contributed by atoms with van der Waals surface area (Å²) in [7, 11) is 0. The molecule has 0 aliphatic carbocycles. The normalized spacial score (nSPS) is 10.1. The summed E-state index contributed by atoms with van der Waals surface area (Å²) >= 11 is 6.70. The van der Waals surface area contributed by atoms with Crippen LogP contribution in [0.3, 0.4) is 0 Å². The molecule has 2 aromatic rings. The predicted molar refractivity (Wildman–Crippen MR) is 86.8 cm³/mol. The number of amides is 1. The third-order valence-corrected chi connectivity index (χ3v) is 3.60. The Balaban J connectivity index is 1.97. The van der Waals surface area contributed by atoms with Gasteiger partial charge in [-0.25, -0.2) is 0 Å². The highest BCUT2D eigenvalue weighted by Gasteiger charge is 2.10. The van der Waals surface area contributed by atoms with Crippen molar-refractivity contribution in [3.05, 3.63) is 51.4 Å². The molecule has 0 atom stereocenters. The fourth-order valence-electron chi connectivity index (χ4n) is 1.57. The molecule has 3 N–H and O–H groups in total. The van der Waals surface area contributed by atoms with Crippen LogP contribution >= 0.6 is 31.9 Å². The van der Waals surface area contributed by atoms with E-state index in [1.807, 2.05) is 30.3 Å². The Morgan fingerprint density at radius 2 is 1.75 bits per heavy atom. The first-order valence-corrected chi connectivity index (χ1v) is 7.37. The van der Waals surface area contributed by atoms with E-state index in [4.69, 9.17) is 10.5 Å². The average molecular weight is 400 g/mol. The van der Waals surface area contributed by atoms with E-state index in [9.17, 15) is 4.79 Å². The fraction of sp³-hybridized carbons (Fsp3) is 0.0714. The van der Waals surface area contributed by atoms with E-state index in [2.05, 4.69) is 37.2 Å². The van der Waals surface area contributed by atoms with Crippen molar-refractivity contribution in [3.8, 4) is 5.75 Å². The van der Waals surface area contributed by atoms with Crippen LogP contribution in [0.5, 0.6) is 5.75 Å². The Hall–Kier alpha value is -1.53. The van der Waals surface area contributed by atoms with Gasteiger partial charge in [-0.15, -0.1) is 0 Å². The Bertz CT molecular complexity index is 595. The third-order valence-electron chi connectivity index (χ3n) is 2.43. The summed E-state index contributed by atoms with van der Waals surface area (Å²) in [5.41, 5.74) is 7.03. The first-order valence-electron chi connectivity index (χ1n) is 5.78.